The van der Waals surface area contributed by atoms with Crippen LogP contribution < -0.4 is 10.0 Å². The molecule has 0 spiro atoms. The highest BCUT2D eigenvalue weighted by molar-refractivity contribution is 7.89. The van der Waals surface area contributed by atoms with Gasteiger partial charge in [0, 0.05) is 23.8 Å². The summed E-state index contributed by atoms with van der Waals surface area (Å²) in [7, 11) is -4.10. The molecule has 1 rings (SSSR count). The average molecular weight is 328 g/mol. The zero-order chi connectivity index (χ0) is 16.3. The first-order chi connectivity index (χ1) is 9.57. The van der Waals surface area contributed by atoms with Crippen molar-refractivity contribution in [3.8, 4) is 0 Å². The average Bonchev–Trinajstić information content (AvgIpc) is 2.65. The van der Waals surface area contributed by atoms with Gasteiger partial charge in [-0.1, -0.05) is 6.92 Å². The molecule has 0 amide bonds. The molecule has 1 aromatic heterocycles. The first kappa shape index (κ1) is 17.9. The summed E-state index contributed by atoms with van der Waals surface area (Å²) in [6.07, 6.45) is -5.67. The van der Waals surface area contributed by atoms with Gasteiger partial charge in [0.2, 0.25) is 0 Å². The minimum Gasteiger partial charge on any atom is -0.313 e. The second-order valence-corrected chi connectivity index (χ2v) is 6.38. The molecule has 3 N–H and O–H groups in total. The predicted molar refractivity (Wildman–Crippen MR) is 71.2 cm³/mol. The van der Waals surface area contributed by atoms with E-state index in [1.165, 1.54) is 0 Å². The fourth-order valence-corrected chi connectivity index (χ4v) is 3.26. The Morgan fingerprint density at radius 3 is 2.52 bits per heavy atom. The second kappa shape index (κ2) is 6.75. The maximum Gasteiger partial charge on any atom is 0.390 e. The Kier molecular flexibility index (Phi) is 5.76. The number of aromatic nitrogens is 2. The van der Waals surface area contributed by atoms with Crippen molar-refractivity contribution in [3.63, 3.8) is 0 Å². The van der Waals surface area contributed by atoms with Gasteiger partial charge in [0.05, 0.1) is 6.42 Å². The number of H-pyrrole nitrogens is 1. The summed E-state index contributed by atoms with van der Waals surface area (Å²) in [5.74, 6) is 0. The number of hydrogen-bond acceptors (Lipinski definition) is 4. The van der Waals surface area contributed by atoms with Gasteiger partial charge in [-0.2, -0.15) is 18.3 Å². The van der Waals surface area contributed by atoms with Crippen LogP contribution in [0.3, 0.4) is 0 Å². The molecular formula is C11H19F3N4O2S. The topological polar surface area (TPSA) is 86.9 Å². The van der Waals surface area contributed by atoms with Crippen LogP contribution in [0.5, 0.6) is 0 Å². The van der Waals surface area contributed by atoms with E-state index in [1.54, 1.807) is 6.92 Å². The first-order valence-electron chi connectivity index (χ1n) is 6.40. The lowest BCUT2D eigenvalue weighted by molar-refractivity contribution is -0.137. The van der Waals surface area contributed by atoms with Crippen LogP contribution in [-0.2, 0) is 16.6 Å². The van der Waals surface area contributed by atoms with Gasteiger partial charge in [0.15, 0.2) is 5.03 Å². The van der Waals surface area contributed by atoms with Crippen molar-refractivity contribution in [2.24, 2.45) is 0 Å². The van der Waals surface area contributed by atoms with E-state index in [0.29, 0.717) is 17.8 Å². The summed E-state index contributed by atoms with van der Waals surface area (Å²) in [4.78, 5) is 0. The fraction of sp³-hybridized carbons (Fsp3) is 0.727. The van der Waals surface area contributed by atoms with Crippen LogP contribution in [0.2, 0.25) is 0 Å². The molecule has 0 aliphatic rings. The van der Waals surface area contributed by atoms with Crippen LogP contribution >= 0.6 is 0 Å². The zero-order valence-electron chi connectivity index (χ0n) is 12.0. The fourth-order valence-electron chi connectivity index (χ4n) is 1.82. The van der Waals surface area contributed by atoms with Crippen molar-refractivity contribution in [1.82, 2.24) is 20.2 Å². The Balaban J connectivity index is 2.93. The van der Waals surface area contributed by atoms with E-state index in [1.807, 2.05) is 11.6 Å². The third kappa shape index (κ3) is 5.29. The maximum absolute atomic E-state index is 12.3. The summed E-state index contributed by atoms with van der Waals surface area (Å²) in [6.45, 7) is 5.56. The van der Waals surface area contributed by atoms with Crippen LogP contribution in [0.25, 0.3) is 0 Å². The van der Waals surface area contributed by atoms with Crippen LogP contribution in [-0.4, -0.2) is 37.4 Å². The van der Waals surface area contributed by atoms with E-state index in [0.717, 1.165) is 6.92 Å². The van der Waals surface area contributed by atoms with Gasteiger partial charge in [-0.15, -0.1) is 0 Å². The molecule has 1 unspecified atom stereocenters. The minimum atomic E-state index is -4.43. The van der Waals surface area contributed by atoms with Crippen molar-refractivity contribution in [3.05, 3.63) is 11.3 Å². The Bertz CT molecular complexity index is 569. The summed E-state index contributed by atoms with van der Waals surface area (Å²) < 4.78 is 63.1. The normalized spacial score (nSPS) is 14.4. The molecule has 1 atom stereocenters. The van der Waals surface area contributed by atoms with Crippen LogP contribution in [0.1, 0.15) is 31.5 Å². The Morgan fingerprint density at radius 1 is 1.38 bits per heavy atom. The van der Waals surface area contributed by atoms with E-state index in [4.69, 9.17) is 0 Å². The molecule has 1 aromatic rings. The predicted octanol–water partition coefficient (Wildman–Crippen LogP) is 1.45. The van der Waals surface area contributed by atoms with E-state index in [2.05, 4.69) is 15.5 Å². The molecular weight excluding hydrogens is 309 g/mol. The first-order valence-corrected chi connectivity index (χ1v) is 7.88. The molecule has 0 bridgehead atoms. The number of nitrogens with one attached hydrogen (secondary N) is 3. The SMILES string of the molecule is CCNCc1c(S(=O)(=O)NC(C)CC(F)(F)F)n[nH]c1C. The van der Waals surface area contributed by atoms with Gasteiger partial charge in [-0.25, -0.2) is 13.1 Å². The van der Waals surface area contributed by atoms with Gasteiger partial charge in [-0.05, 0) is 20.4 Å². The number of sulfonamides is 1. The standard InChI is InChI=1S/C11H19F3N4O2S/c1-4-15-6-9-8(3)16-17-10(9)21(19,20)18-7(2)5-11(12,13)14/h7,15,18H,4-6H2,1-3H3,(H,16,17). The molecule has 122 valence electrons. The molecule has 21 heavy (non-hydrogen) atoms. The van der Waals surface area contributed by atoms with Gasteiger partial charge in [0.1, 0.15) is 0 Å². The number of rotatable bonds is 7. The lowest BCUT2D eigenvalue weighted by Gasteiger charge is -2.15. The third-order valence-corrected chi connectivity index (χ3v) is 4.30. The largest absolute Gasteiger partial charge is 0.390 e. The molecule has 0 aliphatic carbocycles. The van der Waals surface area contributed by atoms with E-state index in [-0.39, 0.29) is 11.6 Å². The highest BCUT2D eigenvalue weighted by Crippen LogP contribution is 2.23. The van der Waals surface area contributed by atoms with E-state index in [9.17, 15) is 21.6 Å². The molecule has 0 saturated carbocycles. The smallest absolute Gasteiger partial charge is 0.313 e. The molecule has 10 heteroatoms. The third-order valence-electron chi connectivity index (χ3n) is 2.74. The number of alkyl halides is 3. The van der Waals surface area contributed by atoms with Gasteiger partial charge >= 0.3 is 6.18 Å². The highest BCUT2D eigenvalue weighted by atomic mass is 32.2. The molecule has 0 aliphatic heterocycles. The lowest BCUT2D eigenvalue weighted by atomic mass is 10.2. The summed E-state index contributed by atoms with van der Waals surface area (Å²) in [5, 5.41) is 8.93. The monoisotopic (exact) mass is 328 g/mol. The summed E-state index contributed by atoms with van der Waals surface area (Å²) >= 11 is 0. The number of nitrogens with zero attached hydrogens (tertiary/aromatic N) is 1. The Morgan fingerprint density at radius 2 is 2.00 bits per heavy atom. The van der Waals surface area contributed by atoms with Crippen molar-refractivity contribution in [2.75, 3.05) is 6.54 Å². The van der Waals surface area contributed by atoms with Crippen molar-refractivity contribution < 1.29 is 21.6 Å². The molecule has 0 fully saturated rings. The Labute approximate surface area is 121 Å². The van der Waals surface area contributed by atoms with Crippen molar-refractivity contribution in [1.29, 1.82) is 0 Å². The van der Waals surface area contributed by atoms with E-state index < -0.39 is 28.7 Å². The summed E-state index contributed by atoms with van der Waals surface area (Å²) in [5.41, 5.74) is 0.975. The number of halogens is 3. The Hall–Kier alpha value is -1.13. The number of aromatic amines is 1. The second-order valence-electron chi connectivity index (χ2n) is 4.75. The van der Waals surface area contributed by atoms with Gasteiger partial charge in [-0.3, -0.25) is 5.10 Å². The highest BCUT2D eigenvalue weighted by Gasteiger charge is 2.33. The van der Waals surface area contributed by atoms with Crippen LogP contribution in [0, 0.1) is 6.92 Å². The van der Waals surface area contributed by atoms with Crippen LogP contribution in [0.15, 0.2) is 5.03 Å². The molecule has 0 saturated heterocycles. The quantitative estimate of drug-likeness (QED) is 0.707. The zero-order valence-corrected chi connectivity index (χ0v) is 12.8. The minimum absolute atomic E-state index is 0.267. The molecule has 6 nitrogen and oxygen atoms in total. The summed E-state index contributed by atoms with van der Waals surface area (Å²) in [6, 6.07) is -1.26. The van der Waals surface area contributed by atoms with Gasteiger partial charge in [0.25, 0.3) is 10.0 Å². The van der Waals surface area contributed by atoms with Crippen LogP contribution in [0.4, 0.5) is 13.2 Å². The maximum atomic E-state index is 12.3. The number of aryl methyl sites for hydroxylation is 1. The molecule has 1 heterocycles. The lowest BCUT2D eigenvalue weighted by Crippen LogP contribution is -2.36. The number of hydrogen-bond donors (Lipinski definition) is 3. The van der Waals surface area contributed by atoms with Crippen molar-refractivity contribution >= 4 is 10.0 Å². The molecule has 0 radical (unpaired) electrons. The van der Waals surface area contributed by atoms with Crippen molar-refractivity contribution in [2.45, 2.75) is 51.0 Å². The van der Waals surface area contributed by atoms with Gasteiger partial charge < -0.3 is 5.32 Å². The van der Waals surface area contributed by atoms with E-state index >= 15 is 0 Å². The molecule has 0 aromatic carbocycles.